The first-order valence-electron chi connectivity index (χ1n) is 6.59. The number of amides is 1. The lowest BCUT2D eigenvalue weighted by Gasteiger charge is -2.07. The zero-order chi connectivity index (χ0) is 15.2. The first kappa shape index (κ1) is 14.7. The maximum Gasteiger partial charge on any atom is 0.224 e. The molecule has 0 radical (unpaired) electrons. The van der Waals surface area contributed by atoms with E-state index in [-0.39, 0.29) is 24.4 Å². The summed E-state index contributed by atoms with van der Waals surface area (Å²) in [5.74, 6) is -0.646. The van der Waals surface area contributed by atoms with Gasteiger partial charge in [-0.05, 0) is 24.6 Å². The van der Waals surface area contributed by atoms with Gasteiger partial charge < -0.3 is 5.32 Å². The molecular weight excluding hydrogens is 267 g/mol. The molecule has 2 rings (SSSR count). The number of rotatable bonds is 4. The van der Waals surface area contributed by atoms with Crippen LogP contribution >= 0.6 is 0 Å². The van der Waals surface area contributed by atoms with Crippen molar-refractivity contribution in [2.75, 3.05) is 0 Å². The molecule has 0 aliphatic rings. The van der Waals surface area contributed by atoms with Gasteiger partial charge >= 0.3 is 0 Å². The summed E-state index contributed by atoms with van der Waals surface area (Å²) in [5, 5.41) is 11.3. The van der Waals surface area contributed by atoms with Crippen molar-refractivity contribution >= 4 is 5.91 Å². The lowest BCUT2D eigenvalue weighted by molar-refractivity contribution is -0.120. The normalized spacial score (nSPS) is 9.95. The summed E-state index contributed by atoms with van der Waals surface area (Å²) in [6, 6.07) is 13.8. The third-order valence-electron chi connectivity index (χ3n) is 3.14. The molecule has 0 bridgehead atoms. The Balaban J connectivity index is 1.92. The molecule has 0 fully saturated rings. The number of hydrogen-bond acceptors (Lipinski definition) is 2. The van der Waals surface area contributed by atoms with Crippen LogP contribution < -0.4 is 5.32 Å². The van der Waals surface area contributed by atoms with Gasteiger partial charge in [-0.3, -0.25) is 4.79 Å². The lowest BCUT2D eigenvalue weighted by atomic mass is 10.1. The summed E-state index contributed by atoms with van der Waals surface area (Å²) >= 11 is 0. The Hall–Kier alpha value is -2.67. The van der Waals surface area contributed by atoms with Crippen molar-refractivity contribution in [3.05, 3.63) is 70.5 Å². The standard InChI is InChI=1S/C17H15FN2O/c1-12-2-4-13(5-3-12)9-17(21)20-11-15-7-6-14(10-19)8-16(15)18/h2-8H,9,11H2,1H3,(H,20,21). The Morgan fingerprint density at radius 2 is 1.95 bits per heavy atom. The number of nitriles is 1. The number of carbonyl (C=O) groups is 1. The molecule has 1 amide bonds. The van der Waals surface area contributed by atoms with E-state index in [0.717, 1.165) is 11.1 Å². The van der Waals surface area contributed by atoms with Crippen LogP contribution in [0.2, 0.25) is 0 Å². The Kier molecular flexibility index (Phi) is 4.68. The van der Waals surface area contributed by atoms with E-state index in [1.165, 1.54) is 18.2 Å². The lowest BCUT2D eigenvalue weighted by Crippen LogP contribution is -2.25. The van der Waals surface area contributed by atoms with E-state index in [1.807, 2.05) is 37.3 Å². The second kappa shape index (κ2) is 6.67. The molecule has 106 valence electrons. The predicted octanol–water partition coefficient (Wildman–Crippen LogP) is 2.86. The minimum atomic E-state index is -0.482. The SMILES string of the molecule is Cc1ccc(CC(=O)NCc2ccc(C#N)cc2F)cc1. The fourth-order valence-electron chi connectivity index (χ4n) is 1.91. The Labute approximate surface area is 123 Å². The van der Waals surface area contributed by atoms with Gasteiger partial charge in [-0.1, -0.05) is 35.9 Å². The molecule has 2 aromatic carbocycles. The van der Waals surface area contributed by atoms with E-state index >= 15 is 0 Å². The van der Waals surface area contributed by atoms with Crippen molar-refractivity contribution in [2.45, 2.75) is 19.9 Å². The summed E-state index contributed by atoms with van der Waals surface area (Å²) in [7, 11) is 0. The highest BCUT2D eigenvalue weighted by Gasteiger charge is 2.07. The van der Waals surface area contributed by atoms with Gasteiger partial charge in [0, 0.05) is 12.1 Å². The summed E-state index contributed by atoms with van der Waals surface area (Å²) in [6.45, 7) is 2.10. The van der Waals surface area contributed by atoms with Crippen LogP contribution in [0, 0.1) is 24.1 Å². The molecule has 0 aliphatic carbocycles. The third kappa shape index (κ3) is 4.15. The smallest absolute Gasteiger partial charge is 0.224 e. The van der Waals surface area contributed by atoms with E-state index in [9.17, 15) is 9.18 Å². The monoisotopic (exact) mass is 282 g/mol. The highest BCUT2D eigenvalue weighted by Crippen LogP contribution is 2.10. The molecule has 0 spiro atoms. The van der Waals surface area contributed by atoms with Crippen molar-refractivity contribution in [3.8, 4) is 6.07 Å². The highest BCUT2D eigenvalue weighted by molar-refractivity contribution is 5.78. The van der Waals surface area contributed by atoms with Gasteiger partial charge in [0.1, 0.15) is 5.82 Å². The van der Waals surface area contributed by atoms with E-state index in [0.29, 0.717) is 5.56 Å². The number of halogens is 1. The molecule has 0 aromatic heterocycles. The van der Waals surface area contributed by atoms with E-state index in [1.54, 1.807) is 0 Å². The average molecular weight is 282 g/mol. The van der Waals surface area contributed by atoms with E-state index < -0.39 is 5.82 Å². The third-order valence-corrected chi connectivity index (χ3v) is 3.14. The number of aryl methyl sites for hydroxylation is 1. The molecule has 1 N–H and O–H groups in total. The largest absolute Gasteiger partial charge is 0.352 e. The minimum absolute atomic E-state index is 0.113. The van der Waals surface area contributed by atoms with Crippen molar-refractivity contribution in [3.63, 3.8) is 0 Å². The summed E-state index contributed by atoms with van der Waals surface area (Å²) in [6.07, 6.45) is 0.262. The van der Waals surface area contributed by atoms with Gasteiger partial charge in [0.15, 0.2) is 0 Å². The molecule has 2 aromatic rings. The molecule has 0 saturated heterocycles. The Morgan fingerprint density at radius 3 is 2.57 bits per heavy atom. The van der Waals surface area contributed by atoms with Crippen LogP contribution in [0.3, 0.4) is 0 Å². The summed E-state index contributed by atoms with van der Waals surface area (Å²) in [5.41, 5.74) is 2.69. The molecule has 0 aliphatic heterocycles. The number of nitrogens with zero attached hydrogens (tertiary/aromatic N) is 1. The molecule has 0 saturated carbocycles. The van der Waals surface area contributed by atoms with Gasteiger partial charge in [-0.15, -0.1) is 0 Å². The molecule has 3 nitrogen and oxygen atoms in total. The van der Waals surface area contributed by atoms with Crippen LogP contribution in [0.1, 0.15) is 22.3 Å². The van der Waals surface area contributed by atoms with Gasteiger partial charge in [-0.2, -0.15) is 5.26 Å². The fourth-order valence-corrected chi connectivity index (χ4v) is 1.91. The maximum atomic E-state index is 13.7. The molecule has 0 heterocycles. The quantitative estimate of drug-likeness (QED) is 0.937. The van der Waals surface area contributed by atoms with Gasteiger partial charge in [0.2, 0.25) is 5.91 Å². The summed E-state index contributed by atoms with van der Waals surface area (Å²) < 4.78 is 13.7. The van der Waals surface area contributed by atoms with E-state index in [2.05, 4.69) is 5.32 Å². The van der Waals surface area contributed by atoms with Crippen LogP contribution in [0.15, 0.2) is 42.5 Å². The first-order valence-corrected chi connectivity index (χ1v) is 6.59. The van der Waals surface area contributed by atoms with Crippen molar-refractivity contribution in [2.24, 2.45) is 0 Å². The molecule has 21 heavy (non-hydrogen) atoms. The van der Waals surface area contributed by atoms with Crippen molar-refractivity contribution in [1.82, 2.24) is 5.32 Å². The molecule has 0 atom stereocenters. The molecule has 0 unspecified atom stereocenters. The topological polar surface area (TPSA) is 52.9 Å². The molecule has 4 heteroatoms. The van der Waals surface area contributed by atoms with E-state index in [4.69, 9.17) is 5.26 Å². The minimum Gasteiger partial charge on any atom is -0.352 e. The molecular formula is C17H15FN2O. The van der Waals surface area contributed by atoms with Crippen LogP contribution in [0.4, 0.5) is 4.39 Å². The van der Waals surface area contributed by atoms with Gasteiger partial charge in [-0.25, -0.2) is 4.39 Å². The fraction of sp³-hybridized carbons (Fsp3) is 0.176. The van der Waals surface area contributed by atoms with Crippen LogP contribution in [0.5, 0.6) is 0 Å². The van der Waals surface area contributed by atoms with Crippen molar-refractivity contribution < 1.29 is 9.18 Å². The second-order valence-corrected chi connectivity index (χ2v) is 4.86. The first-order chi connectivity index (χ1) is 10.1. The Bertz CT molecular complexity index is 687. The number of nitrogens with one attached hydrogen (secondary N) is 1. The van der Waals surface area contributed by atoms with Crippen LogP contribution in [0.25, 0.3) is 0 Å². The van der Waals surface area contributed by atoms with Gasteiger partial charge in [0.25, 0.3) is 0 Å². The van der Waals surface area contributed by atoms with Crippen LogP contribution in [-0.4, -0.2) is 5.91 Å². The average Bonchev–Trinajstić information content (AvgIpc) is 2.48. The summed E-state index contributed by atoms with van der Waals surface area (Å²) in [4.78, 5) is 11.8. The number of carbonyl (C=O) groups excluding carboxylic acids is 1. The highest BCUT2D eigenvalue weighted by atomic mass is 19.1. The van der Waals surface area contributed by atoms with Gasteiger partial charge in [0.05, 0.1) is 18.1 Å². The number of benzene rings is 2. The second-order valence-electron chi connectivity index (χ2n) is 4.86. The predicted molar refractivity (Wildman–Crippen MR) is 77.8 cm³/mol. The maximum absolute atomic E-state index is 13.7. The Morgan fingerprint density at radius 1 is 1.24 bits per heavy atom. The number of hydrogen-bond donors (Lipinski definition) is 1. The van der Waals surface area contributed by atoms with Crippen molar-refractivity contribution in [1.29, 1.82) is 5.26 Å². The zero-order valence-corrected chi connectivity index (χ0v) is 11.7. The van der Waals surface area contributed by atoms with Crippen LogP contribution in [-0.2, 0) is 17.8 Å². The zero-order valence-electron chi connectivity index (χ0n) is 11.7.